The van der Waals surface area contributed by atoms with E-state index in [1.165, 1.54) is 0 Å². The summed E-state index contributed by atoms with van der Waals surface area (Å²) in [5.74, 6) is -0.993. The van der Waals surface area contributed by atoms with Crippen LogP contribution in [0.25, 0.3) is 0 Å². The molecular weight excluding hydrogens is 336 g/mol. The summed E-state index contributed by atoms with van der Waals surface area (Å²) >= 11 is 0. The fourth-order valence-electron chi connectivity index (χ4n) is 7.76. The molecule has 6 N–H and O–H groups in total. The van der Waals surface area contributed by atoms with Gasteiger partial charge < -0.3 is 30.6 Å². The zero-order chi connectivity index (χ0) is 19.4. The predicted octanol–water partition coefficient (Wildman–Crippen LogP) is 0.0242. The van der Waals surface area contributed by atoms with Crippen LogP contribution >= 0.6 is 0 Å². The summed E-state index contributed by atoms with van der Waals surface area (Å²) in [6.07, 6.45) is -2.24. The topological polar surface area (TPSA) is 121 Å². The highest BCUT2D eigenvalue weighted by Gasteiger charge is 2.75. The summed E-state index contributed by atoms with van der Waals surface area (Å²) < 4.78 is 0. The number of hydrogen-bond donors (Lipinski definition) is 6. The van der Waals surface area contributed by atoms with E-state index in [1.807, 2.05) is 6.92 Å². The zero-order valence-corrected chi connectivity index (χ0v) is 16.1. The van der Waals surface area contributed by atoms with Crippen molar-refractivity contribution in [3.05, 3.63) is 0 Å². The van der Waals surface area contributed by atoms with Crippen LogP contribution in [0, 0.1) is 34.5 Å². The highest BCUT2D eigenvalue weighted by Crippen LogP contribution is 2.68. The van der Waals surface area contributed by atoms with Crippen LogP contribution in [0.1, 0.15) is 53.4 Å². The maximum Gasteiger partial charge on any atom is 0.101 e. The molecule has 4 aliphatic carbocycles. The van der Waals surface area contributed by atoms with E-state index < -0.39 is 52.4 Å². The van der Waals surface area contributed by atoms with E-state index in [0.29, 0.717) is 12.8 Å². The normalized spacial score (nSPS) is 63.9. The SMILES string of the molecule is C[C@H]1[C@@H]2CC[C@@H]3[C@@H](O)[C@@]2(C[C@@H](O)[C@@]2(O)[C@H]1C[C@H](O)C2(C)C)[C@@H](O)[C@@]3(C)O. The molecule has 6 nitrogen and oxygen atoms in total. The maximum atomic E-state index is 11.7. The number of fused-ring (bicyclic) bond motifs is 2. The first-order valence-electron chi connectivity index (χ1n) is 10.0. The first-order valence-corrected chi connectivity index (χ1v) is 10.0. The van der Waals surface area contributed by atoms with Gasteiger partial charge in [-0.1, -0.05) is 20.8 Å². The highest BCUT2D eigenvalue weighted by atomic mass is 16.4. The zero-order valence-electron chi connectivity index (χ0n) is 16.1. The molecule has 11 atom stereocenters. The van der Waals surface area contributed by atoms with Crippen molar-refractivity contribution in [2.24, 2.45) is 34.5 Å². The molecule has 4 rings (SSSR count). The molecule has 0 aromatic rings. The third kappa shape index (κ3) is 1.80. The van der Waals surface area contributed by atoms with Gasteiger partial charge in [-0.2, -0.15) is 0 Å². The third-order valence-electron chi connectivity index (χ3n) is 9.46. The summed E-state index contributed by atoms with van der Waals surface area (Å²) in [6, 6.07) is 0. The van der Waals surface area contributed by atoms with Gasteiger partial charge in [-0.3, -0.25) is 0 Å². The van der Waals surface area contributed by atoms with Crippen LogP contribution in [0.5, 0.6) is 0 Å². The van der Waals surface area contributed by atoms with Crippen LogP contribution in [0.4, 0.5) is 0 Å². The number of rotatable bonds is 0. The Morgan fingerprint density at radius 3 is 2.00 bits per heavy atom. The van der Waals surface area contributed by atoms with Gasteiger partial charge in [0.15, 0.2) is 0 Å². The number of aliphatic hydroxyl groups excluding tert-OH is 4. The van der Waals surface area contributed by atoms with E-state index in [1.54, 1.807) is 20.8 Å². The first kappa shape index (κ1) is 19.1. The lowest BCUT2D eigenvalue weighted by atomic mass is 9.58. The van der Waals surface area contributed by atoms with Gasteiger partial charge in [0, 0.05) is 16.7 Å². The van der Waals surface area contributed by atoms with Crippen LogP contribution < -0.4 is 0 Å². The molecule has 6 heteroatoms. The largest absolute Gasteiger partial charge is 0.392 e. The molecule has 1 spiro atoms. The second-order valence-corrected chi connectivity index (χ2v) is 10.5. The van der Waals surface area contributed by atoms with Gasteiger partial charge >= 0.3 is 0 Å². The average Bonchev–Trinajstić information content (AvgIpc) is 2.74. The summed E-state index contributed by atoms with van der Waals surface area (Å²) in [5.41, 5.74) is -4.84. The standard InChI is InChI=1S/C20H34O6/c1-9-10-5-6-11-15(23)19(10,16(24)18(11,4)25)8-14(22)20(26)12(9)7-13(21)17(20,2)3/h9-16,21-26H,5-8H2,1-4H3/t9-,10-,11+,12-,13-,14+,15+,16-,18-,19-,20-/m0/s1. The second-order valence-electron chi connectivity index (χ2n) is 10.5. The molecule has 26 heavy (non-hydrogen) atoms. The van der Waals surface area contributed by atoms with Crippen LogP contribution in [-0.4, -0.2) is 66.3 Å². The van der Waals surface area contributed by atoms with Crippen molar-refractivity contribution < 1.29 is 30.6 Å². The molecule has 2 bridgehead atoms. The minimum Gasteiger partial charge on any atom is -0.392 e. The number of aliphatic hydroxyl groups is 6. The third-order valence-corrected chi connectivity index (χ3v) is 9.46. The Hall–Kier alpha value is -0.240. The Morgan fingerprint density at radius 2 is 1.38 bits per heavy atom. The molecule has 4 aliphatic rings. The van der Waals surface area contributed by atoms with Gasteiger partial charge in [-0.05, 0) is 50.4 Å². The summed E-state index contributed by atoms with van der Waals surface area (Å²) in [6.45, 7) is 7.14. The molecule has 0 saturated heterocycles. The molecule has 150 valence electrons. The molecule has 0 unspecified atom stereocenters. The Labute approximate surface area is 154 Å². The van der Waals surface area contributed by atoms with Crippen molar-refractivity contribution in [2.75, 3.05) is 0 Å². The summed E-state index contributed by atoms with van der Waals surface area (Å²) in [4.78, 5) is 0. The van der Waals surface area contributed by atoms with Crippen molar-refractivity contribution in [2.45, 2.75) is 89.0 Å². The van der Waals surface area contributed by atoms with Crippen LogP contribution in [0.3, 0.4) is 0 Å². The molecule has 0 aliphatic heterocycles. The van der Waals surface area contributed by atoms with Gasteiger partial charge in [0.1, 0.15) is 5.60 Å². The van der Waals surface area contributed by atoms with E-state index >= 15 is 0 Å². The fraction of sp³-hybridized carbons (Fsp3) is 1.00. The quantitative estimate of drug-likeness (QED) is 0.358. The highest BCUT2D eigenvalue weighted by molar-refractivity contribution is 5.25. The van der Waals surface area contributed by atoms with Gasteiger partial charge in [0.2, 0.25) is 0 Å². The van der Waals surface area contributed by atoms with Crippen LogP contribution in [-0.2, 0) is 0 Å². The van der Waals surface area contributed by atoms with Crippen molar-refractivity contribution in [1.82, 2.24) is 0 Å². The van der Waals surface area contributed by atoms with E-state index in [-0.39, 0.29) is 24.2 Å². The Balaban J connectivity index is 1.87. The van der Waals surface area contributed by atoms with Crippen molar-refractivity contribution in [3.63, 3.8) is 0 Å². The smallest absolute Gasteiger partial charge is 0.101 e. The molecule has 4 saturated carbocycles. The lowest BCUT2D eigenvalue weighted by molar-refractivity contribution is -0.184. The van der Waals surface area contributed by atoms with E-state index in [2.05, 4.69) is 0 Å². The molecule has 4 fully saturated rings. The Morgan fingerprint density at radius 1 is 0.808 bits per heavy atom. The maximum absolute atomic E-state index is 11.7. The number of hydrogen-bond acceptors (Lipinski definition) is 6. The molecule has 0 amide bonds. The lowest BCUT2D eigenvalue weighted by Gasteiger charge is -2.48. The molecule has 0 heterocycles. The van der Waals surface area contributed by atoms with Crippen molar-refractivity contribution in [1.29, 1.82) is 0 Å². The predicted molar refractivity (Wildman–Crippen MR) is 93.9 cm³/mol. The molecule has 0 aromatic carbocycles. The van der Waals surface area contributed by atoms with Gasteiger partial charge in [0.05, 0.1) is 30.0 Å². The monoisotopic (exact) mass is 370 g/mol. The van der Waals surface area contributed by atoms with Crippen molar-refractivity contribution >= 4 is 0 Å². The second kappa shape index (κ2) is 5.22. The fourth-order valence-corrected chi connectivity index (χ4v) is 7.76. The van der Waals surface area contributed by atoms with Crippen LogP contribution in [0.15, 0.2) is 0 Å². The minimum atomic E-state index is -1.50. The van der Waals surface area contributed by atoms with Gasteiger partial charge in [0.25, 0.3) is 0 Å². The summed E-state index contributed by atoms with van der Waals surface area (Å²) in [7, 11) is 0. The van der Waals surface area contributed by atoms with E-state index in [9.17, 15) is 30.6 Å². The van der Waals surface area contributed by atoms with Crippen molar-refractivity contribution in [3.8, 4) is 0 Å². The van der Waals surface area contributed by atoms with Gasteiger partial charge in [-0.15, -0.1) is 0 Å². The van der Waals surface area contributed by atoms with Crippen LogP contribution in [0.2, 0.25) is 0 Å². The molecule has 0 radical (unpaired) electrons. The minimum absolute atomic E-state index is 0.0279. The first-order chi connectivity index (χ1) is 11.8. The average molecular weight is 370 g/mol. The summed E-state index contributed by atoms with van der Waals surface area (Å²) in [5, 5.41) is 66.6. The Bertz CT molecular complexity index is 605. The Kier molecular flexibility index (Phi) is 3.83. The molecular formula is C20H34O6. The van der Waals surface area contributed by atoms with E-state index in [4.69, 9.17) is 0 Å². The lowest BCUT2D eigenvalue weighted by Crippen LogP contribution is -2.58. The van der Waals surface area contributed by atoms with E-state index in [0.717, 1.165) is 6.42 Å². The van der Waals surface area contributed by atoms with Gasteiger partial charge in [-0.25, -0.2) is 0 Å². The molecule has 0 aromatic heterocycles.